The van der Waals surface area contributed by atoms with Gasteiger partial charge in [0.15, 0.2) is 0 Å². The quantitative estimate of drug-likeness (QED) is 0.374. The maximum absolute atomic E-state index is 12.9. The second-order valence-electron chi connectivity index (χ2n) is 8.47. The summed E-state index contributed by atoms with van der Waals surface area (Å²) in [5.41, 5.74) is 3.97. The van der Waals surface area contributed by atoms with Gasteiger partial charge in [-0.2, -0.15) is 26.3 Å². The van der Waals surface area contributed by atoms with E-state index in [2.05, 4.69) is 25.3 Å². The van der Waals surface area contributed by atoms with Gasteiger partial charge < -0.3 is 24.6 Å². The normalized spacial score (nSPS) is 15.0. The van der Waals surface area contributed by atoms with Gasteiger partial charge in [-0.25, -0.2) is 14.6 Å². The minimum Gasteiger partial charge on any atom is -0.475 e. The molecule has 0 radical (unpaired) electrons. The molecule has 0 bridgehead atoms. The maximum atomic E-state index is 12.9. The van der Waals surface area contributed by atoms with E-state index in [0.717, 1.165) is 34.8 Å². The topological polar surface area (TPSA) is 164 Å². The smallest absolute Gasteiger partial charge is 0.475 e. The summed E-state index contributed by atoms with van der Waals surface area (Å²) in [7, 11) is 0. The van der Waals surface area contributed by atoms with Crippen molar-refractivity contribution < 1.29 is 55.5 Å². The fourth-order valence-electron chi connectivity index (χ4n) is 3.45. The number of carbonyl (C=O) groups excluding carboxylic acids is 1. The molecule has 1 unspecified atom stereocenters. The molecule has 0 aromatic carbocycles. The molecule has 0 spiro atoms. The van der Waals surface area contributed by atoms with Gasteiger partial charge >= 0.3 is 24.3 Å². The molecule has 12 nitrogen and oxygen atoms in total. The Labute approximate surface area is 227 Å². The summed E-state index contributed by atoms with van der Waals surface area (Å²) < 4.78 is 70.7. The summed E-state index contributed by atoms with van der Waals surface area (Å²) in [5.74, 6) is -4.72. The molecule has 0 aliphatic carbocycles. The van der Waals surface area contributed by atoms with Crippen LogP contribution in [0.1, 0.15) is 34.3 Å². The molecule has 3 N–H and O–H groups in total. The van der Waals surface area contributed by atoms with Crippen molar-refractivity contribution in [1.29, 1.82) is 0 Å². The van der Waals surface area contributed by atoms with E-state index in [1.54, 1.807) is 18.7 Å². The first kappa shape index (κ1) is 32.7. The Bertz CT molecular complexity index is 1280. The third kappa shape index (κ3) is 9.89. The van der Waals surface area contributed by atoms with Crippen LogP contribution >= 0.6 is 0 Å². The van der Waals surface area contributed by atoms with Gasteiger partial charge in [0.05, 0.1) is 17.7 Å². The van der Waals surface area contributed by atoms with Crippen molar-refractivity contribution in [3.05, 3.63) is 65.3 Å². The van der Waals surface area contributed by atoms with Crippen molar-refractivity contribution >= 4 is 17.8 Å². The van der Waals surface area contributed by atoms with E-state index in [1.165, 1.54) is 0 Å². The summed E-state index contributed by atoms with van der Waals surface area (Å²) in [6, 6.07) is 3.48. The van der Waals surface area contributed by atoms with Gasteiger partial charge in [0.2, 0.25) is 5.91 Å². The molecule has 3 aromatic heterocycles. The number of halogens is 6. The van der Waals surface area contributed by atoms with E-state index in [-0.39, 0.29) is 11.9 Å². The van der Waals surface area contributed by atoms with Crippen molar-refractivity contribution in [2.75, 3.05) is 6.54 Å². The number of nitrogens with one attached hydrogen (secondary N) is 1. The molecule has 41 heavy (non-hydrogen) atoms. The van der Waals surface area contributed by atoms with Crippen molar-refractivity contribution in [2.45, 2.75) is 51.9 Å². The standard InChI is InChI=1S/C19H22N6O2.2C2HF3O2/c1-13-17(14(2)27-23-13)10-24-9-16-8-21-12-25(16)18(11-24)19(26)22-7-15-4-3-5-20-6-15;2*3-2(4,5)1(6)7/h3-6,8,12,18H,7,9-11H2,1-2H3,(H,22,26);2*(H,6,7). The first-order chi connectivity index (χ1) is 19.0. The Morgan fingerprint density at radius 3 is 2.15 bits per heavy atom. The SMILES string of the molecule is Cc1noc(C)c1CN1Cc2cncn2C(C(=O)NCc2cccnc2)C1.O=C(O)C(F)(F)F.O=C(O)C(F)(F)F. The summed E-state index contributed by atoms with van der Waals surface area (Å²) >= 11 is 0. The molecular weight excluding hydrogens is 570 g/mol. The minimum atomic E-state index is -5.08. The van der Waals surface area contributed by atoms with Gasteiger partial charge in [0.25, 0.3) is 0 Å². The highest BCUT2D eigenvalue weighted by molar-refractivity contribution is 5.80. The van der Waals surface area contributed by atoms with Gasteiger partial charge in [-0.1, -0.05) is 11.2 Å². The van der Waals surface area contributed by atoms with Gasteiger partial charge in [0.1, 0.15) is 11.8 Å². The lowest BCUT2D eigenvalue weighted by Gasteiger charge is -2.33. The third-order valence-corrected chi connectivity index (χ3v) is 5.44. The number of rotatable bonds is 5. The zero-order valence-electron chi connectivity index (χ0n) is 21.4. The second kappa shape index (κ2) is 13.7. The zero-order valence-corrected chi connectivity index (χ0v) is 21.4. The molecule has 1 atom stereocenters. The number of pyridine rings is 1. The number of imidazole rings is 1. The molecule has 18 heteroatoms. The monoisotopic (exact) mass is 594 g/mol. The number of carboxylic acid groups (broad SMARTS) is 2. The predicted molar refractivity (Wildman–Crippen MR) is 125 cm³/mol. The third-order valence-electron chi connectivity index (χ3n) is 5.44. The highest BCUT2D eigenvalue weighted by Gasteiger charge is 2.39. The Morgan fingerprint density at radius 2 is 1.66 bits per heavy atom. The maximum Gasteiger partial charge on any atom is 0.490 e. The number of carboxylic acids is 2. The van der Waals surface area contributed by atoms with E-state index >= 15 is 0 Å². The van der Waals surface area contributed by atoms with Crippen LogP contribution in [0.3, 0.4) is 0 Å². The molecule has 1 amide bonds. The van der Waals surface area contributed by atoms with Crippen LogP contribution in [0.2, 0.25) is 0 Å². The van der Waals surface area contributed by atoms with E-state index in [9.17, 15) is 31.1 Å². The molecule has 1 aliphatic rings. The number of hydrogen-bond donors (Lipinski definition) is 3. The fraction of sp³-hybridized carbons (Fsp3) is 0.391. The average molecular weight is 594 g/mol. The molecule has 224 valence electrons. The first-order valence-electron chi connectivity index (χ1n) is 11.4. The second-order valence-corrected chi connectivity index (χ2v) is 8.47. The van der Waals surface area contributed by atoms with Gasteiger partial charge in [0, 0.05) is 50.3 Å². The Balaban J connectivity index is 0.000000349. The number of hydrogen-bond acceptors (Lipinski definition) is 8. The minimum absolute atomic E-state index is 0.0263. The highest BCUT2D eigenvalue weighted by atomic mass is 19.4. The Morgan fingerprint density at radius 1 is 1.05 bits per heavy atom. The van der Waals surface area contributed by atoms with Gasteiger partial charge in [-0.15, -0.1) is 0 Å². The van der Waals surface area contributed by atoms with E-state index in [1.807, 2.05) is 36.7 Å². The van der Waals surface area contributed by atoms with Crippen LogP contribution in [0, 0.1) is 13.8 Å². The van der Waals surface area contributed by atoms with Crippen LogP contribution in [0.5, 0.6) is 0 Å². The summed E-state index contributed by atoms with van der Waals surface area (Å²) in [6.07, 6.45) is -3.14. The number of alkyl halides is 6. The number of nitrogens with zero attached hydrogens (tertiary/aromatic N) is 5. The Hall–Kier alpha value is -4.48. The summed E-state index contributed by atoms with van der Waals surface area (Å²) in [4.78, 5) is 41.2. The lowest BCUT2D eigenvalue weighted by Crippen LogP contribution is -2.44. The number of aliphatic carboxylic acids is 2. The van der Waals surface area contributed by atoms with Crippen LogP contribution in [0.4, 0.5) is 26.3 Å². The van der Waals surface area contributed by atoms with Gasteiger partial charge in [-0.3, -0.25) is 14.7 Å². The van der Waals surface area contributed by atoms with Crippen LogP contribution in [0.15, 0.2) is 41.6 Å². The number of fused-ring (bicyclic) bond motifs is 1. The van der Waals surface area contributed by atoms with Crippen LogP contribution in [-0.2, 0) is 34.0 Å². The lowest BCUT2D eigenvalue weighted by atomic mass is 10.1. The van der Waals surface area contributed by atoms with Crippen molar-refractivity contribution in [3.8, 4) is 0 Å². The first-order valence-corrected chi connectivity index (χ1v) is 11.4. The number of amides is 1. The van der Waals surface area contributed by atoms with E-state index in [4.69, 9.17) is 24.3 Å². The summed E-state index contributed by atoms with van der Waals surface area (Å²) in [6.45, 7) is 6.35. The molecule has 0 saturated heterocycles. The molecule has 4 heterocycles. The number of carbonyl (C=O) groups is 3. The highest BCUT2D eigenvalue weighted by Crippen LogP contribution is 2.25. The molecule has 0 fully saturated rings. The van der Waals surface area contributed by atoms with Crippen molar-refractivity contribution in [2.24, 2.45) is 0 Å². The van der Waals surface area contributed by atoms with Crippen LogP contribution in [-0.4, -0.2) is 71.5 Å². The van der Waals surface area contributed by atoms with Crippen LogP contribution < -0.4 is 5.32 Å². The lowest BCUT2D eigenvalue weighted by molar-refractivity contribution is -0.193. The number of aryl methyl sites for hydroxylation is 2. The summed E-state index contributed by atoms with van der Waals surface area (Å²) in [5, 5.41) is 21.3. The van der Waals surface area contributed by atoms with E-state index < -0.39 is 24.3 Å². The van der Waals surface area contributed by atoms with Crippen molar-refractivity contribution in [3.63, 3.8) is 0 Å². The Kier molecular flexibility index (Phi) is 11.0. The molecule has 1 aliphatic heterocycles. The predicted octanol–water partition coefficient (Wildman–Crippen LogP) is 3.02. The van der Waals surface area contributed by atoms with Crippen molar-refractivity contribution in [1.82, 2.24) is 29.9 Å². The van der Waals surface area contributed by atoms with Gasteiger partial charge in [-0.05, 0) is 25.5 Å². The molecule has 3 aromatic rings. The number of aromatic nitrogens is 4. The molecular formula is C23H24F6N6O6. The fourth-order valence-corrected chi connectivity index (χ4v) is 3.45. The molecule has 4 rings (SSSR count). The average Bonchev–Trinajstić information content (AvgIpc) is 3.49. The zero-order chi connectivity index (χ0) is 31.0. The van der Waals surface area contributed by atoms with Crippen LogP contribution in [0.25, 0.3) is 0 Å². The largest absolute Gasteiger partial charge is 0.490 e. The molecule has 0 saturated carbocycles. The van der Waals surface area contributed by atoms with E-state index in [0.29, 0.717) is 19.6 Å².